The topological polar surface area (TPSA) is 127 Å². The van der Waals surface area contributed by atoms with Crippen LogP contribution in [0.25, 0.3) is 0 Å². The van der Waals surface area contributed by atoms with Crippen molar-refractivity contribution in [2.24, 2.45) is 0 Å². The number of amides is 1. The van der Waals surface area contributed by atoms with Gasteiger partial charge in [-0.3, -0.25) is 0 Å². The second kappa shape index (κ2) is 9.91. The summed E-state index contributed by atoms with van der Waals surface area (Å²) in [6.07, 6.45) is -1.89. The van der Waals surface area contributed by atoms with Gasteiger partial charge in [0.1, 0.15) is 5.60 Å². The summed E-state index contributed by atoms with van der Waals surface area (Å²) in [5.41, 5.74) is -0.763. The van der Waals surface area contributed by atoms with Crippen LogP contribution in [0.5, 0.6) is 0 Å². The van der Waals surface area contributed by atoms with Gasteiger partial charge in [-0.25, -0.2) is 9.59 Å². The summed E-state index contributed by atoms with van der Waals surface area (Å²) >= 11 is 4.79. The van der Waals surface area contributed by atoms with E-state index in [1.54, 1.807) is 20.8 Å². The van der Waals surface area contributed by atoms with Crippen LogP contribution in [-0.4, -0.2) is 48.4 Å². The Morgan fingerprint density at radius 1 is 1.42 bits per heavy atom. The molecule has 0 bridgehead atoms. The molecule has 0 aromatic rings. The molecule has 0 radical (unpaired) electrons. The molecule has 11 heteroatoms. The summed E-state index contributed by atoms with van der Waals surface area (Å²) in [5, 5.41) is 10.7. The molecule has 0 aliphatic rings. The summed E-state index contributed by atoms with van der Waals surface area (Å²) < 4.78 is 19.8. The van der Waals surface area contributed by atoms with Crippen LogP contribution in [-0.2, 0) is 35.1 Å². The van der Waals surface area contributed by atoms with Gasteiger partial charge in [-0.1, -0.05) is 0 Å². The first-order valence-corrected chi connectivity index (χ1v) is 9.61. The third-order valence-corrected chi connectivity index (χ3v) is 4.05. The van der Waals surface area contributed by atoms with Gasteiger partial charge in [0.15, 0.2) is 6.04 Å². The van der Waals surface area contributed by atoms with Crippen molar-refractivity contribution in [3.05, 3.63) is 0 Å². The molecule has 0 aromatic carbocycles. The highest BCUT2D eigenvalue weighted by molar-refractivity contribution is 8.07. The van der Waals surface area contributed by atoms with Crippen LogP contribution in [0, 0.1) is 11.3 Å². The SMILES string of the molecule is COC(=O)C(NC(=O)OC(C)(C)C)C(C)OP(O)(=S)OCCC#N. The van der Waals surface area contributed by atoms with E-state index in [4.69, 9.17) is 30.9 Å². The van der Waals surface area contributed by atoms with Crippen molar-refractivity contribution in [2.45, 2.75) is 51.9 Å². The number of nitrogens with zero attached hydrogens (tertiary/aromatic N) is 1. The van der Waals surface area contributed by atoms with Gasteiger partial charge in [0.05, 0.1) is 32.3 Å². The molecule has 0 aliphatic heterocycles. The number of carbonyl (C=O) groups is 2. The molecule has 0 aliphatic carbocycles. The van der Waals surface area contributed by atoms with E-state index in [9.17, 15) is 14.5 Å². The van der Waals surface area contributed by atoms with Gasteiger partial charge in [0, 0.05) is 0 Å². The van der Waals surface area contributed by atoms with E-state index in [1.165, 1.54) is 6.92 Å². The highest BCUT2D eigenvalue weighted by atomic mass is 32.5. The third kappa shape index (κ3) is 9.80. The molecule has 0 fully saturated rings. The Morgan fingerprint density at radius 3 is 2.46 bits per heavy atom. The summed E-state index contributed by atoms with van der Waals surface area (Å²) in [7, 11) is 1.14. The Balaban J connectivity index is 4.92. The van der Waals surface area contributed by atoms with Crippen molar-refractivity contribution in [1.82, 2.24) is 5.32 Å². The number of esters is 1. The van der Waals surface area contributed by atoms with Gasteiger partial charge >= 0.3 is 18.8 Å². The van der Waals surface area contributed by atoms with Crippen molar-refractivity contribution < 1.29 is 33.0 Å². The predicted octanol–water partition coefficient (Wildman–Crippen LogP) is 1.60. The molecule has 3 atom stereocenters. The van der Waals surface area contributed by atoms with E-state index in [-0.39, 0.29) is 13.0 Å². The number of methoxy groups -OCH3 is 1. The zero-order valence-electron chi connectivity index (χ0n) is 14.3. The second-order valence-corrected chi connectivity index (χ2v) is 8.46. The zero-order chi connectivity index (χ0) is 19.0. The molecule has 9 nitrogen and oxygen atoms in total. The molecule has 0 saturated heterocycles. The minimum Gasteiger partial charge on any atom is -0.467 e. The standard InChI is InChI=1S/C13H23N2O7PS/c1-9(22-23(18,24)20-8-6-7-14)10(11(16)19-5)15-12(17)21-13(2,3)4/h9-10H,6,8H2,1-5H3,(H,15,17)(H,18,24). The summed E-state index contributed by atoms with van der Waals surface area (Å²) in [5.74, 6) is -0.805. The first-order chi connectivity index (χ1) is 10.9. The lowest BCUT2D eigenvalue weighted by atomic mass is 10.2. The minimum atomic E-state index is -3.68. The molecule has 1 amide bonds. The van der Waals surface area contributed by atoms with Crippen molar-refractivity contribution in [2.75, 3.05) is 13.7 Å². The van der Waals surface area contributed by atoms with E-state index in [0.29, 0.717) is 0 Å². The van der Waals surface area contributed by atoms with Crippen LogP contribution in [0.3, 0.4) is 0 Å². The van der Waals surface area contributed by atoms with E-state index in [2.05, 4.69) is 10.1 Å². The molecule has 2 N–H and O–H groups in total. The lowest BCUT2D eigenvalue weighted by Gasteiger charge is -2.27. The molecule has 0 saturated carbocycles. The van der Waals surface area contributed by atoms with Crippen LogP contribution in [0.4, 0.5) is 4.79 Å². The Kier molecular flexibility index (Phi) is 9.40. The van der Waals surface area contributed by atoms with Gasteiger partial charge < -0.3 is 28.7 Å². The average molecular weight is 382 g/mol. The quantitative estimate of drug-likeness (QED) is 0.365. The maximum absolute atomic E-state index is 11.8. The first kappa shape index (κ1) is 22.8. The highest BCUT2D eigenvalue weighted by Gasteiger charge is 2.34. The number of nitrogens with one attached hydrogen (secondary N) is 1. The summed E-state index contributed by atoms with van der Waals surface area (Å²) in [6.45, 7) is 2.60. The normalized spacial score (nSPS) is 16.2. The smallest absolute Gasteiger partial charge is 0.408 e. The van der Waals surface area contributed by atoms with Gasteiger partial charge in [0.25, 0.3) is 0 Å². The van der Waals surface area contributed by atoms with Crippen LogP contribution < -0.4 is 5.32 Å². The lowest BCUT2D eigenvalue weighted by Crippen LogP contribution is -2.50. The van der Waals surface area contributed by atoms with Crippen molar-refractivity contribution in [3.8, 4) is 6.07 Å². The van der Waals surface area contributed by atoms with E-state index in [0.717, 1.165) is 7.11 Å². The Hall–Kier alpha value is -1.24. The molecular formula is C13H23N2O7PS. The molecule has 0 aromatic heterocycles. The highest BCUT2D eigenvalue weighted by Crippen LogP contribution is 2.45. The molecule has 138 valence electrons. The molecule has 24 heavy (non-hydrogen) atoms. The van der Waals surface area contributed by atoms with Crippen LogP contribution in [0.2, 0.25) is 0 Å². The number of alkyl carbamates (subject to hydrolysis) is 1. The van der Waals surface area contributed by atoms with E-state index in [1.807, 2.05) is 6.07 Å². The predicted molar refractivity (Wildman–Crippen MR) is 88.4 cm³/mol. The number of ether oxygens (including phenoxy) is 2. The molecular weight excluding hydrogens is 359 g/mol. The molecule has 0 heterocycles. The maximum Gasteiger partial charge on any atom is 0.408 e. The number of hydrogen-bond acceptors (Lipinski definition) is 8. The van der Waals surface area contributed by atoms with Crippen molar-refractivity contribution in [3.63, 3.8) is 0 Å². The maximum atomic E-state index is 11.8. The number of hydrogen-bond donors (Lipinski definition) is 2. The van der Waals surface area contributed by atoms with E-state index < -0.39 is 36.5 Å². The third-order valence-electron chi connectivity index (χ3n) is 2.36. The lowest BCUT2D eigenvalue weighted by molar-refractivity contribution is -0.145. The number of nitriles is 1. The van der Waals surface area contributed by atoms with Gasteiger partial charge in [-0.05, 0) is 39.5 Å². The Bertz CT molecular complexity index is 529. The minimum absolute atomic E-state index is 0.0211. The zero-order valence-corrected chi connectivity index (χ0v) is 16.0. The van der Waals surface area contributed by atoms with E-state index >= 15 is 0 Å². The van der Waals surface area contributed by atoms with Gasteiger partial charge in [0.2, 0.25) is 0 Å². The first-order valence-electron chi connectivity index (χ1n) is 7.02. The largest absolute Gasteiger partial charge is 0.467 e. The van der Waals surface area contributed by atoms with Crippen LogP contribution in [0.15, 0.2) is 0 Å². The fraction of sp³-hybridized carbons (Fsp3) is 0.769. The Labute approximate surface area is 146 Å². The van der Waals surface area contributed by atoms with Gasteiger partial charge in [-0.15, -0.1) is 0 Å². The summed E-state index contributed by atoms with van der Waals surface area (Å²) in [4.78, 5) is 33.6. The van der Waals surface area contributed by atoms with Gasteiger partial charge in [-0.2, -0.15) is 5.26 Å². The van der Waals surface area contributed by atoms with Crippen LogP contribution >= 0.6 is 6.72 Å². The average Bonchev–Trinajstić information content (AvgIpc) is 2.41. The monoisotopic (exact) mass is 382 g/mol. The fourth-order valence-corrected chi connectivity index (χ4v) is 2.99. The van der Waals surface area contributed by atoms with Crippen molar-refractivity contribution in [1.29, 1.82) is 5.26 Å². The van der Waals surface area contributed by atoms with Crippen LogP contribution in [0.1, 0.15) is 34.1 Å². The number of rotatable bonds is 8. The molecule has 0 rings (SSSR count). The summed E-state index contributed by atoms with van der Waals surface area (Å²) in [6, 6.07) is 0.559. The van der Waals surface area contributed by atoms with Crippen molar-refractivity contribution >= 4 is 30.6 Å². The second-order valence-electron chi connectivity index (χ2n) is 5.67. The fourth-order valence-electron chi connectivity index (χ4n) is 1.44. The Morgan fingerprint density at radius 2 is 2.00 bits per heavy atom. The molecule has 3 unspecified atom stereocenters. The molecule has 0 spiro atoms. The number of carbonyl (C=O) groups excluding carboxylic acids is 2.